The second-order valence-corrected chi connectivity index (χ2v) is 7.57. The number of rotatable bonds is 8. The van der Waals surface area contributed by atoms with Crippen LogP contribution in [0.15, 0.2) is 72.9 Å². The Morgan fingerprint density at radius 3 is 2.62 bits per heavy atom. The predicted octanol–water partition coefficient (Wildman–Crippen LogP) is 3.75. The Labute approximate surface area is 187 Å². The highest BCUT2D eigenvalue weighted by molar-refractivity contribution is 6.01. The zero-order valence-corrected chi connectivity index (χ0v) is 18.0. The van der Waals surface area contributed by atoms with Crippen molar-refractivity contribution in [2.24, 2.45) is 0 Å². The minimum absolute atomic E-state index is 0.0472. The van der Waals surface area contributed by atoms with Crippen LogP contribution >= 0.6 is 0 Å². The molecule has 1 atom stereocenters. The summed E-state index contributed by atoms with van der Waals surface area (Å²) in [5.41, 5.74) is 3.21. The molecule has 2 amide bonds. The number of carbonyl (C=O) groups is 2. The van der Waals surface area contributed by atoms with E-state index in [0.717, 1.165) is 22.7 Å². The van der Waals surface area contributed by atoms with Gasteiger partial charge in [-0.1, -0.05) is 30.3 Å². The van der Waals surface area contributed by atoms with Crippen molar-refractivity contribution in [1.82, 2.24) is 15.2 Å². The average molecular weight is 431 g/mol. The highest BCUT2D eigenvalue weighted by atomic mass is 16.5. The van der Waals surface area contributed by atoms with Gasteiger partial charge in [0.05, 0.1) is 24.9 Å². The Bertz CT molecular complexity index is 1070. The second kappa shape index (κ2) is 9.96. The largest absolute Gasteiger partial charge is 0.497 e. The molecule has 0 fully saturated rings. The maximum absolute atomic E-state index is 13.3. The molecule has 0 saturated carbocycles. The Hall–Kier alpha value is -3.87. The first-order valence-corrected chi connectivity index (χ1v) is 10.6. The van der Waals surface area contributed by atoms with Gasteiger partial charge in [-0.3, -0.25) is 14.6 Å². The first-order chi connectivity index (χ1) is 15.7. The monoisotopic (exact) mass is 430 g/mol. The van der Waals surface area contributed by atoms with Crippen molar-refractivity contribution < 1.29 is 14.3 Å². The number of ether oxygens (including phenoxy) is 1. The fraction of sp³-hybridized carbons (Fsp3) is 0.240. The molecule has 7 nitrogen and oxygen atoms in total. The van der Waals surface area contributed by atoms with Crippen molar-refractivity contribution in [3.63, 3.8) is 0 Å². The second-order valence-electron chi connectivity index (χ2n) is 7.57. The number of pyridine rings is 1. The highest BCUT2D eigenvalue weighted by Gasteiger charge is 2.32. The summed E-state index contributed by atoms with van der Waals surface area (Å²) >= 11 is 0. The summed E-state index contributed by atoms with van der Waals surface area (Å²) in [5.74, 6) is 0.649. The molecule has 32 heavy (non-hydrogen) atoms. The topological polar surface area (TPSA) is 83.6 Å². The molecule has 0 spiro atoms. The van der Waals surface area contributed by atoms with Crippen LogP contribution in [0.1, 0.15) is 40.6 Å². The quantitative estimate of drug-likeness (QED) is 0.569. The summed E-state index contributed by atoms with van der Waals surface area (Å²) in [6.07, 6.45) is 2.26. The van der Waals surface area contributed by atoms with Gasteiger partial charge in [-0.2, -0.15) is 0 Å². The summed E-state index contributed by atoms with van der Waals surface area (Å²) in [6.45, 7) is 0.847. The van der Waals surface area contributed by atoms with Crippen LogP contribution in [0, 0.1) is 0 Å². The zero-order valence-electron chi connectivity index (χ0n) is 18.0. The van der Waals surface area contributed by atoms with Crippen LogP contribution in [0.25, 0.3) is 0 Å². The number of carbonyl (C=O) groups excluding carboxylic acids is 2. The summed E-state index contributed by atoms with van der Waals surface area (Å²) in [4.78, 5) is 31.5. The number of methoxy groups -OCH3 is 1. The van der Waals surface area contributed by atoms with Crippen molar-refractivity contribution in [2.45, 2.75) is 25.6 Å². The Kier molecular flexibility index (Phi) is 6.65. The number of para-hydroxylation sites is 1. The van der Waals surface area contributed by atoms with Crippen LogP contribution in [0.2, 0.25) is 0 Å². The molecule has 2 aromatic carbocycles. The number of hydrogen-bond donors (Lipinski definition) is 2. The molecule has 0 radical (unpaired) electrons. The SMILES string of the molecule is COc1ccc([C@@H]2Nc3ccccc3C(=O)N2CCCC(=O)NCc2ccccn2)cc1. The fourth-order valence-electron chi connectivity index (χ4n) is 3.76. The number of anilines is 1. The zero-order chi connectivity index (χ0) is 22.3. The molecule has 164 valence electrons. The van der Waals surface area contributed by atoms with E-state index in [1.807, 2.05) is 66.7 Å². The maximum Gasteiger partial charge on any atom is 0.257 e. The number of benzene rings is 2. The number of nitrogens with one attached hydrogen (secondary N) is 2. The minimum Gasteiger partial charge on any atom is -0.497 e. The molecular weight excluding hydrogens is 404 g/mol. The first kappa shape index (κ1) is 21.4. The molecule has 1 aliphatic rings. The maximum atomic E-state index is 13.3. The average Bonchev–Trinajstić information content (AvgIpc) is 2.85. The normalized spacial score (nSPS) is 15.0. The van der Waals surface area contributed by atoms with Crippen LogP contribution in [0.4, 0.5) is 5.69 Å². The molecule has 1 aliphatic heterocycles. The van der Waals surface area contributed by atoms with Crippen molar-refractivity contribution in [3.05, 3.63) is 89.7 Å². The molecule has 4 rings (SSSR count). The van der Waals surface area contributed by atoms with Crippen LogP contribution in [-0.2, 0) is 11.3 Å². The van der Waals surface area contributed by atoms with E-state index in [4.69, 9.17) is 4.74 Å². The van der Waals surface area contributed by atoms with Crippen molar-refractivity contribution in [2.75, 3.05) is 19.0 Å². The van der Waals surface area contributed by atoms with E-state index in [-0.39, 0.29) is 18.0 Å². The van der Waals surface area contributed by atoms with Crippen LogP contribution < -0.4 is 15.4 Å². The van der Waals surface area contributed by atoms with E-state index in [1.165, 1.54) is 0 Å². The van der Waals surface area contributed by atoms with Gasteiger partial charge in [0.2, 0.25) is 5.91 Å². The van der Waals surface area contributed by atoms with Gasteiger partial charge in [-0.05, 0) is 48.4 Å². The van der Waals surface area contributed by atoms with E-state index in [9.17, 15) is 9.59 Å². The van der Waals surface area contributed by atoms with Gasteiger partial charge in [0, 0.05) is 24.8 Å². The van der Waals surface area contributed by atoms with Crippen LogP contribution in [0.5, 0.6) is 5.75 Å². The molecule has 0 bridgehead atoms. The van der Waals surface area contributed by atoms with Gasteiger partial charge in [-0.15, -0.1) is 0 Å². The number of nitrogens with zero attached hydrogens (tertiary/aromatic N) is 2. The molecule has 1 aromatic heterocycles. The van der Waals surface area contributed by atoms with E-state index < -0.39 is 0 Å². The Morgan fingerprint density at radius 2 is 1.88 bits per heavy atom. The van der Waals surface area contributed by atoms with Gasteiger partial charge in [0.15, 0.2) is 0 Å². The van der Waals surface area contributed by atoms with Gasteiger partial charge in [0.1, 0.15) is 11.9 Å². The molecule has 7 heteroatoms. The minimum atomic E-state index is -0.320. The van der Waals surface area contributed by atoms with Crippen molar-refractivity contribution in [3.8, 4) is 5.75 Å². The fourth-order valence-corrected chi connectivity index (χ4v) is 3.76. The third-order valence-electron chi connectivity index (χ3n) is 5.45. The Balaban J connectivity index is 1.43. The lowest BCUT2D eigenvalue weighted by Crippen LogP contribution is -2.43. The van der Waals surface area contributed by atoms with E-state index in [1.54, 1.807) is 18.2 Å². The molecule has 2 heterocycles. The molecule has 0 aliphatic carbocycles. The van der Waals surface area contributed by atoms with Gasteiger partial charge in [-0.25, -0.2) is 0 Å². The lowest BCUT2D eigenvalue weighted by molar-refractivity contribution is -0.121. The van der Waals surface area contributed by atoms with Gasteiger partial charge in [0.25, 0.3) is 5.91 Å². The lowest BCUT2D eigenvalue weighted by atomic mass is 10.0. The number of fused-ring (bicyclic) bond motifs is 1. The first-order valence-electron chi connectivity index (χ1n) is 10.6. The smallest absolute Gasteiger partial charge is 0.257 e. The van der Waals surface area contributed by atoms with Crippen molar-refractivity contribution >= 4 is 17.5 Å². The number of aromatic nitrogens is 1. The lowest BCUT2D eigenvalue weighted by Gasteiger charge is -2.38. The molecule has 2 N–H and O–H groups in total. The molecular formula is C25H26N4O3. The van der Waals surface area contributed by atoms with Crippen LogP contribution in [0.3, 0.4) is 0 Å². The standard InChI is InChI=1S/C25H26N4O3/c1-32-20-13-11-18(12-14-20)24-28-22-9-3-2-8-21(22)25(31)29(24)16-6-10-23(30)27-17-19-7-4-5-15-26-19/h2-5,7-9,11-15,24,28H,6,10,16-17H2,1H3,(H,27,30)/t24-/m1/s1. The third kappa shape index (κ3) is 4.88. The highest BCUT2D eigenvalue weighted by Crippen LogP contribution is 2.33. The number of amides is 2. The summed E-state index contributed by atoms with van der Waals surface area (Å²) in [5, 5.41) is 6.36. The predicted molar refractivity (Wildman–Crippen MR) is 122 cm³/mol. The van der Waals surface area contributed by atoms with E-state index in [0.29, 0.717) is 31.5 Å². The molecule has 0 unspecified atom stereocenters. The Morgan fingerprint density at radius 1 is 1.09 bits per heavy atom. The summed E-state index contributed by atoms with van der Waals surface area (Å²) < 4.78 is 5.26. The third-order valence-corrected chi connectivity index (χ3v) is 5.45. The number of hydrogen-bond acceptors (Lipinski definition) is 5. The van der Waals surface area contributed by atoms with Crippen molar-refractivity contribution in [1.29, 1.82) is 0 Å². The summed E-state index contributed by atoms with van der Waals surface area (Å²) in [7, 11) is 1.62. The van der Waals surface area contributed by atoms with E-state index >= 15 is 0 Å². The van der Waals surface area contributed by atoms with Gasteiger partial charge >= 0.3 is 0 Å². The van der Waals surface area contributed by atoms with Gasteiger partial charge < -0.3 is 20.3 Å². The van der Waals surface area contributed by atoms with Crippen LogP contribution in [-0.4, -0.2) is 35.4 Å². The molecule has 0 saturated heterocycles. The summed E-state index contributed by atoms with van der Waals surface area (Å²) in [6, 6.07) is 20.8. The van der Waals surface area contributed by atoms with E-state index in [2.05, 4.69) is 15.6 Å². The molecule has 3 aromatic rings.